The van der Waals surface area contributed by atoms with Gasteiger partial charge in [-0.3, -0.25) is 9.59 Å². The van der Waals surface area contributed by atoms with E-state index >= 15 is 0 Å². The summed E-state index contributed by atoms with van der Waals surface area (Å²) in [5.41, 5.74) is 4.51. The lowest BCUT2D eigenvalue weighted by Gasteiger charge is -2.32. The Morgan fingerprint density at radius 2 is 1.91 bits per heavy atom. The monoisotopic (exact) mass is 305 g/mol. The number of aryl methyl sites for hydroxylation is 3. The quantitative estimate of drug-likeness (QED) is 0.922. The minimum absolute atomic E-state index is 0.0359. The lowest BCUT2D eigenvalue weighted by molar-refractivity contribution is -0.147. The molecular formula is C17H23NO4. The molecule has 0 aromatic heterocycles. The smallest absolute Gasteiger partial charge is 0.306 e. The average Bonchev–Trinajstić information content (AvgIpc) is 2.42. The first-order chi connectivity index (χ1) is 10.4. The fourth-order valence-corrected chi connectivity index (χ4v) is 3.02. The zero-order chi connectivity index (χ0) is 16.3. The number of aliphatic carboxylic acids is 1. The number of carboxylic acid groups (broad SMARTS) is 1. The van der Waals surface area contributed by atoms with E-state index in [1.54, 1.807) is 4.90 Å². The Kier molecular flexibility index (Phi) is 5.19. The average molecular weight is 305 g/mol. The number of benzene rings is 1. The summed E-state index contributed by atoms with van der Waals surface area (Å²) < 4.78 is 5.41. The summed E-state index contributed by atoms with van der Waals surface area (Å²) in [4.78, 5) is 25.0. The third-order valence-corrected chi connectivity index (χ3v) is 4.06. The van der Waals surface area contributed by atoms with Crippen molar-refractivity contribution in [2.75, 3.05) is 19.7 Å². The summed E-state index contributed by atoms with van der Waals surface area (Å²) in [6, 6.07) is 4.17. The Hall–Kier alpha value is -1.88. The fourth-order valence-electron chi connectivity index (χ4n) is 3.02. The lowest BCUT2D eigenvalue weighted by atomic mass is 9.97. The van der Waals surface area contributed by atoms with Gasteiger partial charge in [0, 0.05) is 13.1 Å². The molecule has 1 aliphatic heterocycles. The maximum atomic E-state index is 12.5. The molecule has 1 atom stereocenters. The first kappa shape index (κ1) is 16.5. The molecule has 1 saturated heterocycles. The second-order valence-corrected chi connectivity index (χ2v) is 5.98. The third kappa shape index (κ3) is 4.07. The predicted octanol–water partition coefficient (Wildman–Crippen LogP) is 1.86. The molecule has 0 saturated carbocycles. The molecule has 1 unspecified atom stereocenters. The van der Waals surface area contributed by atoms with Crippen molar-refractivity contribution in [2.24, 2.45) is 0 Å². The van der Waals surface area contributed by atoms with Gasteiger partial charge in [-0.05, 0) is 37.5 Å². The molecule has 22 heavy (non-hydrogen) atoms. The van der Waals surface area contributed by atoms with E-state index in [1.807, 2.05) is 20.8 Å². The molecule has 1 fully saturated rings. The first-order valence-corrected chi connectivity index (χ1v) is 7.54. The number of hydrogen-bond donors (Lipinski definition) is 1. The van der Waals surface area contributed by atoms with E-state index in [1.165, 1.54) is 5.56 Å². The maximum absolute atomic E-state index is 12.5. The topological polar surface area (TPSA) is 66.8 Å². The Balaban J connectivity index is 2.04. The molecule has 120 valence electrons. The minimum atomic E-state index is -0.899. The van der Waals surface area contributed by atoms with E-state index < -0.39 is 12.1 Å². The molecule has 1 aromatic rings. The van der Waals surface area contributed by atoms with Crippen molar-refractivity contribution in [2.45, 2.75) is 39.7 Å². The molecule has 0 spiro atoms. The van der Waals surface area contributed by atoms with Crippen LogP contribution in [0.3, 0.4) is 0 Å². The summed E-state index contributed by atoms with van der Waals surface area (Å²) in [7, 11) is 0. The van der Waals surface area contributed by atoms with Gasteiger partial charge < -0.3 is 14.7 Å². The van der Waals surface area contributed by atoms with E-state index in [4.69, 9.17) is 9.84 Å². The highest BCUT2D eigenvalue weighted by Crippen LogP contribution is 2.19. The SMILES string of the molecule is Cc1cc(C)c(CC(=O)N2CCOC(CC(=O)O)C2)c(C)c1. The zero-order valence-electron chi connectivity index (χ0n) is 13.4. The fraction of sp³-hybridized carbons (Fsp3) is 0.529. The highest BCUT2D eigenvalue weighted by Gasteiger charge is 2.26. The third-order valence-electron chi connectivity index (χ3n) is 4.06. The van der Waals surface area contributed by atoms with Gasteiger partial charge in [0.15, 0.2) is 0 Å². The van der Waals surface area contributed by atoms with Crippen LogP contribution in [0.25, 0.3) is 0 Å². The minimum Gasteiger partial charge on any atom is -0.481 e. The van der Waals surface area contributed by atoms with Gasteiger partial charge in [0.25, 0.3) is 0 Å². The first-order valence-electron chi connectivity index (χ1n) is 7.54. The molecule has 0 bridgehead atoms. The Morgan fingerprint density at radius 1 is 1.27 bits per heavy atom. The largest absolute Gasteiger partial charge is 0.481 e. The Labute approximate surface area is 130 Å². The van der Waals surface area contributed by atoms with Crippen LogP contribution in [0, 0.1) is 20.8 Å². The number of carbonyl (C=O) groups is 2. The molecule has 1 heterocycles. The normalized spacial score (nSPS) is 18.3. The molecule has 5 nitrogen and oxygen atoms in total. The number of morpholine rings is 1. The van der Waals surface area contributed by atoms with Crippen LogP contribution in [-0.2, 0) is 20.7 Å². The molecule has 0 aliphatic carbocycles. The van der Waals surface area contributed by atoms with Crippen LogP contribution < -0.4 is 0 Å². The van der Waals surface area contributed by atoms with Gasteiger partial charge in [-0.2, -0.15) is 0 Å². The number of ether oxygens (including phenoxy) is 1. The van der Waals surface area contributed by atoms with Crippen LogP contribution in [0.4, 0.5) is 0 Å². The van der Waals surface area contributed by atoms with Gasteiger partial charge in [-0.1, -0.05) is 17.7 Å². The van der Waals surface area contributed by atoms with Crippen LogP contribution in [0.1, 0.15) is 28.7 Å². The lowest BCUT2D eigenvalue weighted by Crippen LogP contribution is -2.46. The maximum Gasteiger partial charge on any atom is 0.306 e. The van der Waals surface area contributed by atoms with Crippen molar-refractivity contribution in [1.82, 2.24) is 4.90 Å². The van der Waals surface area contributed by atoms with Gasteiger partial charge in [0.1, 0.15) is 0 Å². The number of carboxylic acids is 1. The summed E-state index contributed by atoms with van der Waals surface area (Å²) >= 11 is 0. The highest BCUT2D eigenvalue weighted by molar-refractivity contribution is 5.80. The van der Waals surface area contributed by atoms with E-state index in [9.17, 15) is 9.59 Å². The summed E-state index contributed by atoms with van der Waals surface area (Å²) in [6.45, 7) is 7.37. The van der Waals surface area contributed by atoms with E-state index in [-0.39, 0.29) is 12.3 Å². The van der Waals surface area contributed by atoms with E-state index in [0.717, 1.165) is 16.7 Å². The van der Waals surface area contributed by atoms with E-state index in [2.05, 4.69) is 12.1 Å². The van der Waals surface area contributed by atoms with Crippen LogP contribution in [0.5, 0.6) is 0 Å². The molecule has 0 radical (unpaired) electrons. The highest BCUT2D eigenvalue weighted by atomic mass is 16.5. The van der Waals surface area contributed by atoms with Crippen molar-refractivity contribution >= 4 is 11.9 Å². The van der Waals surface area contributed by atoms with Gasteiger partial charge in [-0.15, -0.1) is 0 Å². The number of carbonyl (C=O) groups excluding carboxylic acids is 1. The number of amides is 1. The molecule has 1 N–H and O–H groups in total. The van der Waals surface area contributed by atoms with Crippen LogP contribution in [-0.4, -0.2) is 47.7 Å². The molecule has 1 aromatic carbocycles. The van der Waals surface area contributed by atoms with Crippen molar-refractivity contribution in [1.29, 1.82) is 0 Å². The van der Waals surface area contributed by atoms with Crippen LogP contribution in [0.15, 0.2) is 12.1 Å². The summed E-state index contributed by atoms with van der Waals surface area (Å²) in [5.74, 6) is -0.863. The van der Waals surface area contributed by atoms with E-state index in [0.29, 0.717) is 26.1 Å². The number of hydrogen-bond acceptors (Lipinski definition) is 3. The second kappa shape index (κ2) is 6.92. The van der Waals surface area contributed by atoms with Crippen molar-refractivity contribution in [3.8, 4) is 0 Å². The van der Waals surface area contributed by atoms with Crippen LogP contribution >= 0.6 is 0 Å². The van der Waals surface area contributed by atoms with Crippen molar-refractivity contribution in [3.63, 3.8) is 0 Å². The molecule has 1 aliphatic rings. The number of nitrogens with zero attached hydrogens (tertiary/aromatic N) is 1. The molecule has 5 heteroatoms. The van der Waals surface area contributed by atoms with Gasteiger partial charge in [0.05, 0.1) is 25.6 Å². The van der Waals surface area contributed by atoms with Gasteiger partial charge in [-0.25, -0.2) is 0 Å². The summed E-state index contributed by atoms with van der Waals surface area (Å²) in [6.07, 6.45) is -0.111. The molecular weight excluding hydrogens is 282 g/mol. The Morgan fingerprint density at radius 3 is 2.50 bits per heavy atom. The van der Waals surface area contributed by atoms with Gasteiger partial charge >= 0.3 is 5.97 Å². The predicted molar refractivity (Wildman–Crippen MR) is 82.9 cm³/mol. The summed E-state index contributed by atoms with van der Waals surface area (Å²) in [5, 5.41) is 8.84. The van der Waals surface area contributed by atoms with Crippen molar-refractivity contribution in [3.05, 3.63) is 34.4 Å². The van der Waals surface area contributed by atoms with Crippen LogP contribution in [0.2, 0.25) is 0 Å². The molecule has 1 amide bonds. The Bertz CT molecular complexity index is 559. The van der Waals surface area contributed by atoms with Gasteiger partial charge in [0.2, 0.25) is 5.91 Å². The number of rotatable bonds is 4. The second-order valence-electron chi connectivity index (χ2n) is 5.98. The standard InChI is InChI=1S/C17H23NO4/c1-11-6-12(2)15(13(3)7-11)9-16(19)18-4-5-22-14(10-18)8-17(20)21/h6-7,14H,4-5,8-10H2,1-3H3,(H,20,21). The molecule has 2 rings (SSSR count). The zero-order valence-corrected chi connectivity index (χ0v) is 13.4. The van der Waals surface area contributed by atoms with Crippen molar-refractivity contribution < 1.29 is 19.4 Å².